The van der Waals surface area contributed by atoms with Crippen molar-refractivity contribution in [3.8, 4) is 0 Å². The molecular formula is C20H21Cl2N3O. The highest BCUT2D eigenvalue weighted by molar-refractivity contribution is 5.95. The Labute approximate surface area is 165 Å². The van der Waals surface area contributed by atoms with E-state index in [0.717, 1.165) is 17.3 Å². The second-order valence-corrected chi connectivity index (χ2v) is 6.19. The minimum Gasteiger partial charge on any atom is -0.315 e. The predicted octanol–water partition coefficient (Wildman–Crippen LogP) is 4.02. The third kappa shape index (κ3) is 4.15. The molecule has 0 aliphatic carbocycles. The number of nitrogens with one attached hydrogen (secondary N) is 2. The first-order chi connectivity index (χ1) is 11.8. The Morgan fingerprint density at radius 3 is 2.42 bits per heavy atom. The summed E-state index contributed by atoms with van der Waals surface area (Å²) >= 11 is 0. The summed E-state index contributed by atoms with van der Waals surface area (Å²) < 4.78 is 0. The molecule has 0 unspecified atom stereocenters. The van der Waals surface area contributed by atoms with Crippen molar-refractivity contribution in [3.05, 3.63) is 72.4 Å². The highest BCUT2D eigenvalue weighted by Gasteiger charge is 2.34. The van der Waals surface area contributed by atoms with Crippen LogP contribution in [0.4, 0.5) is 5.82 Å². The summed E-state index contributed by atoms with van der Waals surface area (Å²) in [7, 11) is 0. The number of rotatable bonds is 3. The molecule has 1 aliphatic rings. The fourth-order valence-corrected chi connectivity index (χ4v) is 3.38. The molecule has 2 atom stereocenters. The maximum atomic E-state index is 12.7. The van der Waals surface area contributed by atoms with E-state index in [-0.39, 0.29) is 42.6 Å². The number of nitrogens with zero attached hydrogens (tertiary/aromatic N) is 1. The Morgan fingerprint density at radius 1 is 0.962 bits per heavy atom. The first kappa shape index (κ1) is 20.2. The Kier molecular flexibility index (Phi) is 6.98. The maximum Gasteiger partial charge on any atom is 0.230 e. The molecule has 26 heavy (non-hydrogen) atoms. The van der Waals surface area contributed by atoms with Gasteiger partial charge in [0.05, 0.1) is 5.92 Å². The molecule has 6 heteroatoms. The summed E-state index contributed by atoms with van der Waals surface area (Å²) in [6, 6.07) is 20.2. The number of carbonyl (C=O) groups is 1. The van der Waals surface area contributed by atoms with Gasteiger partial charge in [-0.2, -0.15) is 0 Å². The minimum atomic E-state index is -0.0827. The first-order valence-electron chi connectivity index (χ1n) is 8.22. The van der Waals surface area contributed by atoms with E-state index in [1.165, 1.54) is 5.56 Å². The summed E-state index contributed by atoms with van der Waals surface area (Å²) in [5, 5.41) is 8.47. The molecule has 3 aromatic rings. The van der Waals surface area contributed by atoms with Crippen LogP contribution in [0, 0.1) is 5.92 Å². The van der Waals surface area contributed by atoms with Crippen LogP contribution in [0.25, 0.3) is 10.8 Å². The third-order valence-corrected chi connectivity index (χ3v) is 4.66. The number of aromatic nitrogens is 1. The van der Waals surface area contributed by atoms with Crippen molar-refractivity contribution in [1.82, 2.24) is 10.3 Å². The average molecular weight is 390 g/mol. The molecule has 1 aliphatic heterocycles. The van der Waals surface area contributed by atoms with Gasteiger partial charge in [0.2, 0.25) is 5.91 Å². The fraction of sp³-hybridized carbons (Fsp3) is 0.200. The summed E-state index contributed by atoms with van der Waals surface area (Å²) in [5.74, 6) is 0.751. The topological polar surface area (TPSA) is 54.0 Å². The number of amides is 1. The second-order valence-electron chi connectivity index (χ2n) is 6.19. The van der Waals surface area contributed by atoms with Crippen molar-refractivity contribution in [2.45, 2.75) is 5.92 Å². The van der Waals surface area contributed by atoms with E-state index in [2.05, 4.69) is 27.8 Å². The summed E-state index contributed by atoms with van der Waals surface area (Å²) in [4.78, 5) is 17.1. The zero-order chi connectivity index (χ0) is 16.4. The molecule has 1 amide bonds. The summed E-state index contributed by atoms with van der Waals surface area (Å²) in [6.07, 6.45) is 1.80. The van der Waals surface area contributed by atoms with Crippen LogP contribution in [0.15, 0.2) is 66.9 Å². The van der Waals surface area contributed by atoms with Gasteiger partial charge in [-0.05, 0) is 17.0 Å². The molecule has 2 aromatic carbocycles. The highest BCUT2D eigenvalue weighted by atomic mass is 35.5. The van der Waals surface area contributed by atoms with Gasteiger partial charge < -0.3 is 10.6 Å². The smallest absolute Gasteiger partial charge is 0.230 e. The van der Waals surface area contributed by atoms with Gasteiger partial charge in [-0.15, -0.1) is 24.8 Å². The number of hydrogen-bond acceptors (Lipinski definition) is 3. The normalized spacial score (nSPS) is 18.6. The van der Waals surface area contributed by atoms with Crippen molar-refractivity contribution in [1.29, 1.82) is 0 Å². The van der Waals surface area contributed by atoms with Crippen LogP contribution in [-0.4, -0.2) is 24.0 Å². The van der Waals surface area contributed by atoms with Crippen LogP contribution in [0.1, 0.15) is 11.5 Å². The number of benzene rings is 2. The molecule has 0 spiro atoms. The van der Waals surface area contributed by atoms with E-state index < -0.39 is 0 Å². The Hall–Kier alpha value is -2.14. The lowest BCUT2D eigenvalue weighted by molar-refractivity contribution is -0.119. The molecular weight excluding hydrogens is 369 g/mol. The van der Waals surface area contributed by atoms with E-state index in [1.807, 2.05) is 48.5 Å². The number of anilines is 1. The monoisotopic (exact) mass is 389 g/mol. The number of pyridine rings is 1. The standard InChI is InChI=1S/C20H19N3O.2ClH/c24-20(18-13-21-12-17(18)14-6-2-1-3-7-14)23-19-10-15-8-4-5-9-16(15)11-22-19;;/h1-11,17-18,21H,12-13H2,(H,22,23,24);2*1H/t17-,18+;;/m1../s1. The summed E-state index contributed by atoms with van der Waals surface area (Å²) in [6.45, 7) is 1.52. The minimum absolute atomic E-state index is 0. The highest BCUT2D eigenvalue weighted by Crippen LogP contribution is 2.29. The van der Waals surface area contributed by atoms with Gasteiger partial charge in [-0.3, -0.25) is 4.79 Å². The van der Waals surface area contributed by atoms with Crippen molar-refractivity contribution in [2.75, 3.05) is 18.4 Å². The second kappa shape index (κ2) is 8.99. The first-order valence-corrected chi connectivity index (χ1v) is 8.22. The van der Waals surface area contributed by atoms with Gasteiger partial charge in [0.15, 0.2) is 0 Å². The van der Waals surface area contributed by atoms with Crippen LogP contribution in [0.5, 0.6) is 0 Å². The van der Waals surface area contributed by atoms with Crippen LogP contribution in [0.3, 0.4) is 0 Å². The number of fused-ring (bicyclic) bond motifs is 1. The molecule has 0 bridgehead atoms. The van der Waals surface area contributed by atoms with Gasteiger partial charge >= 0.3 is 0 Å². The number of hydrogen-bond donors (Lipinski definition) is 2. The zero-order valence-corrected chi connectivity index (χ0v) is 15.7. The van der Waals surface area contributed by atoms with Crippen molar-refractivity contribution in [2.24, 2.45) is 5.92 Å². The van der Waals surface area contributed by atoms with Gasteiger partial charge in [-0.25, -0.2) is 4.98 Å². The van der Waals surface area contributed by atoms with Gasteiger partial charge in [0.1, 0.15) is 5.82 Å². The van der Waals surface area contributed by atoms with Crippen LogP contribution < -0.4 is 10.6 Å². The van der Waals surface area contributed by atoms with E-state index in [4.69, 9.17) is 0 Å². The van der Waals surface area contributed by atoms with Gasteiger partial charge in [0, 0.05) is 30.6 Å². The average Bonchev–Trinajstić information content (AvgIpc) is 3.12. The predicted molar refractivity (Wildman–Crippen MR) is 110 cm³/mol. The SMILES string of the molecule is Cl.Cl.O=C(Nc1cc2ccccc2cn1)[C@H]1CNC[C@@H]1c1ccccc1. The molecule has 4 nitrogen and oxygen atoms in total. The lowest BCUT2D eigenvalue weighted by Crippen LogP contribution is -2.28. The Balaban J connectivity index is 0.00000121. The van der Waals surface area contributed by atoms with E-state index in [9.17, 15) is 4.79 Å². The molecule has 1 aromatic heterocycles. The summed E-state index contributed by atoms with van der Waals surface area (Å²) in [5.41, 5.74) is 1.20. The molecule has 136 valence electrons. The van der Waals surface area contributed by atoms with Crippen molar-refractivity contribution >= 4 is 47.3 Å². The zero-order valence-electron chi connectivity index (χ0n) is 14.1. The van der Waals surface area contributed by atoms with E-state index >= 15 is 0 Å². The van der Waals surface area contributed by atoms with Crippen LogP contribution in [-0.2, 0) is 4.79 Å². The lowest BCUT2D eigenvalue weighted by atomic mass is 9.88. The maximum absolute atomic E-state index is 12.7. The Bertz CT molecular complexity index is 873. The van der Waals surface area contributed by atoms with E-state index in [1.54, 1.807) is 6.20 Å². The van der Waals surface area contributed by atoms with Crippen molar-refractivity contribution in [3.63, 3.8) is 0 Å². The number of carbonyl (C=O) groups excluding carboxylic acids is 1. The molecule has 2 N–H and O–H groups in total. The van der Waals surface area contributed by atoms with Crippen LogP contribution in [0.2, 0.25) is 0 Å². The van der Waals surface area contributed by atoms with Crippen molar-refractivity contribution < 1.29 is 4.79 Å². The molecule has 1 saturated heterocycles. The fourth-order valence-electron chi connectivity index (χ4n) is 3.38. The molecule has 4 rings (SSSR count). The molecule has 0 saturated carbocycles. The molecule has 2 heterocycles. The Morgan fingerprint density at radius 2 is 1.65 bits per heavy atom. The molecule has 0 radical (unpaired) electrons. The quantitative estimate of drug-likeness (QED) is 0.710. The third-order valence-electron chi connectivity index (χ3n) is 4.66. The molecule has 1 fully saturated rings. The van der Waals surface area contributed by atoms with Gasteiger partial charge in [0.25, 0.3) is 0 Å². The number of halogens is 2. The largest absolute Gasteiger partial charge is 0.315 e. The lowest BCUT2D eigenvalue weighted by Gasteiger charge is -2.18. The van der Waals surface area contributed by atoms with Crippen LogP contribution >= 0.6 is 24.8 Å². The van der Waals surface area contributed by atoms with E-state index in [0.29, 0.717) is 12.4 Å². The van der Waals surface area contributed by atoms with Gasteiger partial charge in [-0.1, -0.05) is 54.6 Å².